The van der Waals surface area contributed by atoms with E-state index in [2.05, 4.69) is 223 Å². The second kappa shape index (κ2) is 14.1. The summed E-state index contributed by atoms with van der Waals surface area (Å²) in [5.41, 5.74) is 17.6. The van der Waals surface area contributed by atoms with Gasteiger partial charge in [-0.3, -0.25) is 4.98 Å². The normalized spacial score (nSPS) is 14.9. The van der Waals surface area contributed by atoms with Gasteiger partial charge < -0.3 is 9.13 Å². The van der Waals surface area contributed by atoms with Gasteiger partial charge in [-0.1, -0.05) is 130 Å². The number of benzene rings is 7. The summed E-state index contributed by atoms with van der Waals surface area (Å²) < 4.78 is 4.85. The van der Waals surface area contributed by atoms with Crippen molar-refractivity contribution < 1.29 is 0 Å². The topological polar surface area (TPSA) is 22.8 Å². The van der Waals surface area contributed by atoms with Crippen molar-refractivity contribution in [3.8, 4) is 44.8 Å². The molecule has 0 bridgehead atoms. The summed E-state index contributed by atoms with van der Waals surface area (Å²) >= 11 is 0. The van der Waals surface area contributed by atoms with E-state index in [1.165, 1.54) is 77.0 Å². The average molecular weight is 770 g/mol. The minimum Gasteiger partial charge on any atom is -0.309 e. The molecule has 0 aliphatic heterocycles. The SMILES string of the molecule is C=C1/C=C\C=C/CC(C)(C)c2ccc(-n3c4ccccc4c4cc(-c5ccc6c(c5)c5ccccc5n6-c5cc(-c6ccccc6)cc(-c6ccncc6)c5)ccc43)cc21. The molecule has 1 aliphatic carbocycles. The largest absolute Gasteiger partial charge is 0.309 e. The van der Waals surface area contributed by atoms with Crippen molar-refractivity contribution >= 4 is 49.2 Å². The molecule has 0 saturated heterocycles. The van der Waals surface area contributed by atoms with Gasteiger partial charge >= 0.3 is 0 Å². The lowest BCUT2D eigenvalue weighted by Gasteiger charge is -2.27. The Labute approximate surface area is 350 Å². The summed E-state index contributed by atoms with van der Waals surface area (Å²) in [6.45, 7) is 9.17. The zero-order chi connectivity index (χ0) is 40.4. The van der Waals surface area contributed by atoms with Crippen molar-refractivity contribution in [1.29, 1.82) is 0 Å². The van der Waals surface area contributed by atoms with Gasteiger partial charge in [0.15, 0.2) is 0 Å². The average Bonchev–Trinajstić information content (AvgIpc) is 3.82. The highest BCUT2D eigenvalue weighted by molar-refractivity contribution is 6.13. The Hall–Kier alpha value is -7.49. The summed E-state index contributed by atoms with van der Waals surface area (Å²) in [6, 6.07) is 60.2. The molecular formula is C57H43N3. The van der Waals surface area contributed by atoms with Crippen LogP contribution in [0.25, 0.3) is 93.9 Å². The number of rotatable bonds is 5. The highest BCUT2D eigenvalue weighted by Crippen LogP contribution is 2.41. The summed E-state index contributed by atoms with van der Waals surface area (Å²) in [7, 11) is 0. The van der Waals surface area contributed by atoms with Crippen LogP contribution in [0.1, 0.15) is 31.4 Å². The van der Waals surface area contributed by atoms with E-state index in [1.54, 1.807) is 0 Å². The molecule has 3 heterocycles. The smallest absolute Gasteiger partial charge is 0.0541 e. The van der Waals surface area contributed by atoms with Gasteiger partial charge in [-0.05, 0) is 141 Å². The predicted octanol–water partition coefficient (Wildman–Crippen LogP) is 15.1. The Kier molecular flexibility index (Phi) is 8.38. The van der Waals surface area contributed by atoms with Gasteiger partial charge in [-0.25, -0.2) is 0 Å². The van der Waals surface area contributed by atoms with Crippen molar-refractivity contribution in [3.05, 3.63) is 218 Å². The number of hydrogen-bond donors (Lipinski definition) is 0. The number of fused-ring (bicyclic) bond motifs is 7. The molecule has 0 radical (unpaired) electrons. The minimum absolute atomic E-state index is 0.0162. The second-order valence-electron chi connectivity index (χ2n) is 16.7. The van der Waals surface area contributed by atoms with Crippen molar-refractivity contribution in [3.63, 3.8) is 0 Å². The van der Waals surface area contributed by atoms with Gasteiger partial charge in [0.05, 0.1) is 22.1 Å². The number of pyridine rings is 1. The third-order valence-electron chi connectivity index (χ3n) is 12.5. The van der Waals surface area contributed by atoms with E-state index in [-0.39, 0.29) is 5.41 Å². The number of nitrogens with zero attached hydrogens (tertiary/aromatic N) is 3. The third-order valence-corrected chi connectivity index (χ3v) is 12.5. The molecule has 286 valence electrons. The molecule has 60 heavy (non-hydrogen) atoms. The standard InChI is InChI=1S/C57H43N3/c1-38-14-6-5-13-29-57(2,3)52-24-23-45(37-49(38)52)59-53-19-11-9-17-47(53)50-35-41(21-25-55(50)59)42-22-26-56-51(36-42)48-18-10-12-20-54(48)60(56)46-33-43(39-15-7-4-8-16-39)32-44(34-46)40-27-30-58-31-28-40/h4-28,30-37H,1,29H2,2-3H3/b13-5-,14-6-. The maximum Gasteiger partial charge on any atom is 0.0541 e. The fraction of sp³-hybridized carbons (Fsp3) is 0.0702. The van der Waals surface area contributed by atoms with Gasteiger partial charge in [0.25, 0.3) is 0 Å². The zero-order valence-corrected chi connectivity index (χ0v) is 33.8. The molecule has 10 aromatic rings. The van der Waals surface area contributed by atoms with Crippen LogP contribution in [0.3, 0.4) is 0 Å². The first kappa shape index (κ1) is 35.7. The summed E-state index contributed by atoms with van der Waals surface area (Å²) in [5, 5.41) is 4.93. The third kappa shape index (κ3) is 5.93. The number of para-hydroxylation sites is 2. The Morgan fingerprint density at radius 3 is 1.68 bits per heavy atom. The van der Waals surface area contributed by atoms with Crippen LogP contribution in [-0.2, 0) is 5.41 Å². The molecule has 11 rings (SSSR count). The van der Waals surface area contributed by atoms with Gasteiger partial charge in [0, 0.05) is 45.3 Å². The van der Waals surface area contributed by atoms with E-state index >= 15 is 0 Å². The Morgan fingerprint density at radius 1 is 0.467 bits per heavy atom. The van der Waals surface area contributed by atoms with Gasteiger partial charge in [-0.2, -0.15) is 0 Å². The van der Waals surface area contributed by atoms with E-state index in [1.807, 2.05) is 12.4 Å². The summed E-state index contributed by atoms with van der Waals surface area (Å²) in [5.74, 6) is 0. The highest BCUT2D eigenvalue weighted by Gasteiger charge is 2.25. The van der Waals surface area contributed by atoms with Crippen LogP contribution in [0.5, 0.6) is 0 Å². The summed E-state index contributed by atoms with van der Waals surface area (Å²) in [6.07, 6.45) is 13.4. The Bertz CT molecular complexity index is 3320. The van der Waals surface area contributed by atoms with E-state index in [0.717, 1.165) is 34.5 Å². The number of aromatic nitrogens is 3. The monoisotopic (exact) mass is 769 g/mol. The zero-order valence-electron chi connectivity index (χ0n) is 33.8. The van der Waals surface area contributed by atoms with Crippen molar-refractivity contribution in [2.45, 2.75) is 25.7 Å². The van der Waals surface area contributed by atoms with Crippen LogP contribution in [0, 0.1) is 0 Å². The molecule has 0 N–H and O–H groups in total. The molecule has 7 aromatic carbocycles. The van der Waals surface area contributed by atoms with Crippen LogP contribution in [0.15, 0.2) is 207 Å². The van der Waals surface area contributed by atoms with Crippen molar-refractivity contribution in [1.82, 2.24) is 14.1 Å². The number of hydrogen-bond acceptors (Lipinski definition) is 1. The molecular weight excluding hydrogens is 727 g/mol. The lowest BCUT2D eigenvalue weighted by molar-refractivity contribution is 0.533. The fourth-order valence-corrected chi connectivity index (χ4v) is 9.45. The van der Waals surface area contributed by atoms with Gasteiger partial charge in [0.1, 0.15) is 0 Å². The van der Waals surface area contributed by atoms with Crippen LogP contribution in [-0.4, -0.2) is 14.1 Å². The minimum atomic E-state index is -0.0162. The highest BCUT2D eigenvalue weighted by atomic mass is 15.0. The fourth-order valence-electron chi connectivity index (χ4n) is 9.45. The molecule has 0 spiro atoms. The van der Waals surface area contributed by atoms with Crippen LogP contribution in [0.4, 0.5) is 0 Å². The molecule has 0 fully saturated rings. The second-order valence-corrected chi connectivity index (χ2v) is 16.7. The molecule has 3 aromatic heterocycles. The van der Waals surface area contributed by atoms with Crippen LogP contribution in [0.2, 0.25) is 0 Å². The lowest BCUT2D eigenvalue weighted by Crippen LogP contribution is -2.18. The quantitative estimate of drug-likeness (QED) is 0.171. The van der Waals surface area contributed by atoms with E-state index in [0.29, 0.717) is 0 Å². The maximum absolute atomic E-state index is 4.51. The molecule has 1 aliphatic rings. The Morgan fingerprint density at radius 2 is 1.03 bits per heavy atom. The molecule has 0 amide bonds. The van der Waals surface area contributed by atoms with E-state index in [9.17, 15) is 0 Å². The van der Waals surface area contributed by atoms with E-state index in [4.69, 9.17) is 0 Å². The van der Waals surface area contributed by atoms with Crippen molar-refractivity contribution in [2.75, 3.05) is 0 Å². The lowest BCUT2D eigenvalue weighted by atomic mass is 9.78. The Balaban J connectivity index is 1.06. The van der Waals surface area contributed by atoms with Gasteiger partial charge in [-0.15, -0.1) is 0 Å². The molecule has 0 saturated carbocycles. The molecule has 0 atom stereocenters. The van der Waals surface area contributed by atoms with E-state index < -0.39 is 0 Å². The van der Waals surface area contributed by atoms with Crippen LogP contribution >= 0.6 is 0 Å². The first-order valence-electron chi connectivity index (χ1n) is 20.8. The molecule has 3 nitrogen and oxygen atoms in total. The van der Waals surface area contributed by atoms with Gasteiger partial charge in [0.2, 0.25) is 0 Å². The maximum atomic E-state index is 4.51. The first-order valence-corrected chi connectivity index (χ1v) is 20.8. The van der Waals surface area contributed by atoms with Crippen molar-refractivity contribution in [2.24, 2.45) is 0 Å². The summed E-state index contributed by atoms with van der Waals surface area (Å²) in [4.78, 5) is 4.30. The molecule has 0 unspecified atom stereocenters. The first-order chi connectivity index (χ1) is 29.4. The number of allylic oxidation sites excluding steroid dienone is 5. The van der Waals surface area contributed by atoms with Crippen LogP contribution < -0.4 is 0 Å². The predicted molar refractivity (Wildman–Crippen MR) is 254 cm³/mol. The molecule has 3 heteroatoms.